The highest BCUT2D eigenvalue weighted by Crippen LogP contribution is 2.19. The Labute approximate surface area is 139 Å². The van der Waals surface area contributed by atoms with Crippen LogP contribution in [0.2, 0.25) is 0 Å². The van der Waals surface area contributed by atoms with Gasteiger partial charge in [0.1, 0.15) is 12.4 Å². The van der Waals surface area contributed by atoms with Gasteiger partial charge in [0.15, 0.2) is 5.78 Å². The second-order valence-corrected chi connectivity index (χ2v) is 5.11. The number of allylic oxidation sites excluding steroid dienone is 1. The molecule has 0 bridgehead atoms. The summed E-state index contributed by atoms with van der Waals surface area (Å²) < 4.78 is 5.63. The standard InChI is InChI=1S/C19H18O5/c1-2-16(18(21)19(22)23)17(20)14-8-10-15(11-9-14)24-12-13-6-4-3-5-7-13/h3-11,21H,2,12H2,1H3,(H,22,23)/b18-16+. The Morgan fingerprint density at radius 3 is 2.12 bits per heavy atom. The van der Waals surface area contributed by atoms with E-state index in [1.165, 1.54) is 0 Å². The Kier molecular flexibility index (Phi) is 5.73. The van der Waals surface area contributed by atoms with Gasteiger partial charge in [0.05, 0.1) is 0 Å². The molecular weight excluding hydrogens is 308 g/mol. The number of aliphatic hydroxyl groups is 1. The van der Waals surface area contributed by atoms with Gasteiger partial charge in [-0.05, 0) is 36.2 Å². The molecule has 0 fully saturated rings. The first-order valence-electron chi connectivity index (χ1n) is 7.49. The Bertz CT molecular complexity index is 745. The number of ketones is 1. The van der Waals surface area contributed by atoms with Crippen molar-refractivity contribution in [2.24, 2.45) is 0 Å². The van der Waals surface area contributed by atoms with E-state index in [0.717, 1.165) is 5.56 Å². The number of hydrogen-bond donors (Lipinski definition) is 2. The molecule has 0 aliphatic heterocycles. The molecule has 2 aromatic carbocycles. The van der Waals surface area contributed by atoms with Crippen molar-refractivity contribution in [3.63, 3.8) is 0 Å². The Balaban J connectivity index is 2.10. The zero-order valence-electron chi connectivity index (χ0n) is 13.2. The molecule has 2 aromatic rings. The molecule has 5 nitrogen and oxygen atoms in total. The van der Waals surface area contributed by atoms with E-state index < -0.39 is 17.5 Å². The third kappa shape index (κ3) is 4.23. The Morgan fingerprint density at radius 1 is 0.958 bits per heavy atom. The van der Waals surface area contributed by atoms with Gasteiger partial charge >= 0.3 is 5.97 Å². The second-order valence-electron chi connectivity index (χ2n) is 5.11. The minimum atomic E-state index is -1.51. The molecule has 0 atom stereocenters. The van der Waals surface area contributed by atoms with Crippen LogP contribution in [0.15, 0.2) is 65.9 Å². The molecule has 2 N–H and O–H groups in total. The highest BCUT2D eigenvalue weighted by Gasteiger charge is 2.19. The van der Waals surface area contributed by atoms with Crippen molar-refractivity contribution in [1.82, 2.24) is 0 Å². The fraction of sp³-hybridized carbons (Fsp3) is 0.158. The van der Waals surface area contributed by atoms with Crippen molar-refractivity contribution in [1.29, 1.82) is 0 Å². The molecule has 0 aromatic heterocycles. The number of carbonyl (C=O) groups excluding carboxylic acids is 1. The van der Waals surface area contributed by atoms with Crippen LogP contribution in [-0.4, -0.2) is 22.0 Å². The van der Waals surface area contributed by atoms with Crippen molar-refractivity contribution in [2.45, 2.75) is 20.0 Å². The highest BCUT2D eigenvalue weighted by atomic mass is 16.5. The minimum Gasteiger partial charge on any atom is -0.502 e. The van der Waals surface area contributed by atoms with Gasteiger partial charge in [0.25, 0.3) is 0 Å². The second kappa shape index (κ2) is 7.97. The summed E-state index contributed by atoms with van der Waals surface area (Å²) in [5, 5.41) is 18.3. The Hall–Kier alpha value is -3.08. The van der Waals surface area contributed by atoms with Crippen molar-refractivity contribution in [3.8, 4) is 5.75 Å². The Morgan fingerprint density at radius 2 is 1.58 bits per heavy atom. The van der Waals surface area contributed by atoms with E-state index in [4.69, 9.17) is 9.84 Å². The lowest BCUT2D eigenvalue weighted by Gasteiger charge is -2.08. The fourth-order valence-electron chi connectivity index (χ4n) is 2.18. The molecule has 0 heterocycles. The summed E-state index contributed by atoms with van der Waals surface area (Å²) >= 11 is 0. The minimum absolute atomic E-state index is 0.125. The third-order valence-electron chi connectivity index (χ3n) is 3.48. The van der Waals surface area contributed by atoms with E-state index in [2.05, 4.69) is 0 Å². The van der Waals surface area contributed by atoms with E-state index in [0.29, 0.717) is 17.9 Å². The summed E-state index contributed by atoms with van der Waals surface area (Å²) in [5.74, 6) is -2.33. The maximum absolute atomic E-state index is 12.3. The maximum atomic E-state index is 12.3. The number of carboxylic acids is 1. The van der Waals surface area contributed by atoms with Gasteiger partial charge < -0.3 is 14.9 Å². The zero-order valence-corrected chi connectivity index (χ0v) is 13.2. The van der Waals surface area contributed by atoms with Crippen LogP contribution < -0.4 is 4.74 Å². The molecule has 0 radical (unpaired) electrons. The van der Waals surface area contributed by atoms with E-state index in [1.54, 1.807) is 31.2 Å². The molecule has 0 aliphatic carbocycles. The number of aliphatic hydroxyl groups excluding tert-OH is 1. The van der Waals surface area contributed by atoms with Gasteiger partial charge in [-0.1, -0.05) is 37.3 Å². The van der Waals surface area contributed by atoms with E-state index in [9.17, 15) is 14.7 Å². The average molecular weight is 326 g/mol. The van der Waals surface area contributed by atoms with Crippen LogP contribution in [0.5, 0.6) is 5.75 Å². The molecule has 0 amide bonds. The number of Topliss-reactive ketones (excluding diaryl/α,β-unsaturated/α-hetero) is 1. The van der Waals surface area contributed by atoms with Gasteiger partial charge in [-0.25, -0.2) is 4.79 Å². The van der Waals surface area contributed by atoms with Crippen LogP contribution in [0.4, 0.5) is 0 Å². The van der Waals surface area contributed by atoms with Crippen LogP contribution in [0, 0.1) is 0 Å². The van der Waals surface area contributed by atoms with Gasteiger partial charge in [-0.3, -0.25) is 4.79 Å². The molecule has 0 aliphatic rings. The molecular formula is C19H18O5. The first-order valence-corrected chi connectivity index (χ1v) is 7.49. The summed E-state index contributed by atoms with van der Waals surface area (Å²) in [4.78, 5) is 23.1. The van der Waals surface area contributed by atoms with E-state index in [-0.39, 0.29) is 12.0 Å². The average Bonchev–Trinajstić information content (AvgIpc) is 2.61. The first-order chi connectivity index (χ1) is 11.5. The van der Waals surface area contributed by atoms with Crippen LogP contribution >= 0.6 is 0 Å². The van der Waals surface area contributed by atoms with Crippen LogP contribution in [-0.2, 0) is 11.4 Å². The number of carbonyl (C=O) groups is 2. The largest absolute Gasteiger partial charge is 0.502 e. The van der Waals surface area contributed by atoms with Crippen molar-refractivity contribution < 1.29 is 24.5 Å². The molecule has 0 saturated carbocycles. The van der Waals surface area contributed by atoms with Gasteiger partial charge in [0.2, 0.25) is 5.76 Å². The van der Waals surface area contributed by atoms with Crippen molar-refractivity contribution in [3.05, 3.63) is 77.1 Å². The summed E-state index contributed by atoms with van der Waals surface area (Å²) in [7, 11) is 0. The van der Waals surface area contributed by atoms with Crippen LogP contribution in [0.1, 0.15) is 29.3 Å². The van der Waals surface area contributed by atoms with Crippen molar-refractivity contribution >= 4 is 11.8 Å². The fourth-order valence-corrected chi connectivity index (χ4v) is 2.18. The molecule has 0 saturated heterocycles. The molecule has 5 heteroatoms. The zero-order chi connectivity index (χ0) is 17.5. The molecule has 2 rings (SSSR count). The summed E-state index contributed by atoms with van der Waals surface area (Å²) in [6.45, 7) is 2.03. The number of ether oxygens (including phenoxy) is 1. The quantitative estimate of drug-likeness (QED) is 0.460. The maximum Gasteiger partial charge on any atom is 0.371 e. The lowest BCUT2D eigenvalue weighted by molar-refractivity contribution is -0.135. The lowest BCUT2D eigenvalue weighted by Crippen LogP contribution is -2.11. The summed E-state index contributed by atoms with van der Waals surface area (Å²) in [6.07, 6.45) is 0.128. The molecule has 24 heavy (non-hydrogen) atoms. The van der Waals surface area contributed by atoms with Gasteiger partial charge in [-0.2, -0.15) is 0 Å². The molecule has 0 spiro atoms. The number of hydrogen-bond acceptors (Lipinski definition) is 4. The highest BCUT2D eigenvalue weighted by molar-refractivity contribution is 6.11. The van der Waals surface area contributed by atoms with Crippen LogP contribution in [0.3, 0.4) is 0 Å². The summed E-state index contributed by atoms with van der Waals surface area (Å²) in [6, 6.07) is 16.1. The van der Waals surface area contributed by atoms with Gasteiger partial charge in [-0.15, -0.1) is 0 Å². The van der Waals surface area contributed by atoms with E-state index in [1.807, 2.05) is 30.3 Å². The molecule has 0 unspecified atom stereocenters. The van der Waals surface area contributed by atoms with Crippen LogP contribution in [0.25, 0.3) is 0 Å². The number of carboxylic acid groups (broad SMARTS) is 1. The third-order valence-corrected chi connectivity index (χ3v) is 3.48. The SMILES string of the molecule is CC/C(C(=O)c1ccc(OCc2ccccc2)cc1)=C(\O)C(=O)O. The normalized spacial score (nSPS) is 11.5. The predicted octanol–water partition coefficient (Wildman–Crippen LogP) is 3.76. The number of rotatable bonds is 7. The van der Waals surface area contributed by atoms with Gasteiger partial charge in [0, 0.05) is 11.1 Å². The first kappa shape index (κ1) is 17.3. The monoisotopic (exact) mass is 326 g/mol. The van der Waals surface area contributed by atoms with E-state index >= 15 is 0 Å². The summed E-state index contributed by atoms with van der Waals surface area (Å²) in [5.41, 5.74) is 1.20. The van der Waals surface area contributed by atoms with Crippen molar-refractivity contribution in [2.75, 3.05) is 0 Å². The topological polar surface area (TPSA) is 83.8 Å². The number of aliphatic carboxylic acids is 1. The predicted molar refractivity (Wildman–Crippen MR) is 89.1 cm³/mol. The number of benzene rings is 2. The smallest absolute Gasteiger partial charge is 0.371 e. The lowest BCUT2D eigenvalue weighted by atomic mass is 10.00. The molecule has 124 valence electrons.